The molecule has 5 fully saturated rings. The number of piperazine rings is 1. The van der Waals surface area contributed by atoms with E-state index in [1.807, 2.05) is 12.1 Å². The molecule has 5 aliphatic rings. The number of benzene rings is 2. The Balaban J connectivity index is 0.827. The summed E-state index contributed by atoms with van der Waals surface area (Å²) in [7, 11) is 0. The summed E-state index contributed by atoms with van der Waals surface area (Å²) < 4.78 is 50.2. The van der Waals surface area contributed by atoms with Crippen LogP contribution in [0.3, 0.4) is 0 Å². The highest BCUT2D eigenvalue weighted by Crippen LogP contribution is 2.67. The fraction of sp³-hybridized carbons (Fsp3) is 0.619. The molecule has 1 aliphatic heterocycles. The smallest absolute Gasteiger partial charge is 0.272 e. The number of alkyl halides is 2. The van der Waals surface area contributed by atoms with Crippen LogP contribution in [0.2, 0.25) is 0 Å². The van der Waals surface area contributed by atoms with Crippen LogP contribution in [0, 0.1) is 40.3 Å². The van der Waals surface area contributed by atoms with Crippen molar-refractivity contribution < 1.29 is 27.5 Å². The minimum atomic E-state index is -2.51. The van der Waals surface area contributed by atoms with E-state index in [-0.39, 0.29) is 59.1 Å². The van der Waals surface area contributed by atoms with Crippen LogP contribution in [0.1, 0.15) is 99.7 Å². The Morgan fingerprint density at radius 3 is 2.42 bits per heavy atom. The van der Waals surface area contributed by atoms with Crippen molar-refractivity contribution in [3.63, 3.8) is 0 Å². The van der Waals surface area contributed by atoms with E-state index < -0.39 is 17.6 Å². The number of halogens is 3. The summed E-state index contributed by atoms with van der Waals surface area (Å²) in [5, 5.41) is 7.97. The molecular weight excluding hydrogens is 681 g/mol. The lowest BCUT2D eigenvalue weighted by Crippen LogP contribution is -2.55. The number of nitrogens with zero attached hydrogens (tertiary/aromatic N) is 3. The van der Waals surface area contributed by atoms with Crippen molar-refractivity contribution in [1.82, 2.24) is 20.0 Å². The summed E-state index contributed by atoms with van der Waals surface area (Å²) in [6, 6.07) is 11.6. The Morgan fingerprint density at radius 1 is 0.887 bits per heavy atom. The van der Waals surface area contributed by atoms with Crippen molar-refractivity contribution in [2.45, 2.75) is 96.5 Å². The summed E-state index contributed by atoms with van der Waals surface area (Å²) >= 11 is 0. The monoisotopic (exact) mass is 732 g/mol. The van der Waals surface area contributed by atoms with Gasteiger partial charge in [0.2, 0.25) is 11.8 Å². The number of aromatic amines is 1. The molecule has 7 atom stereocenters. The molecule has 4 aliphatic carbocycles. The highest BCUT2D eigenvalue weighted by molar-refractivity contribution is 5.95. The van der Waals surface area contributed by atoms with Crippen LogP contribution in [0.4, 0.5) is 13.2 Å². The number of amides is 2. The number of ether oxygens (including phenoxy) is 1. The van der Waals surface area contributed by atoms with Gasteiger partial charge in [-0.2, -0.15) is 5.10 Å². The summed E-state index contributed by atoms with van der Waals surface area (Å²) in [5.41, 5.74) is 1.09. The van der Waals surface area contributed by atoms with E-state index >= 15 is 0 Å². The van der Waals surface area contributed by atoms with E-state index in [1.54, 1.807) is 34.1 Å². The molecule has 0 bridgehead atoms. The van der Waals surface area contributed by atoms with Crippen molar-refractivity contribution >= 4 is 22.6 Å². The molecule has 2 amide bonds. The van der Waals surface area contributed by atoms with Crippen LogP contribution in [0.25, 0.3) is 10.8 Å². The highest BCUT2D eigenvalue weighted by atomic mass is 19.3. The SMILES string of the molecule is CC12CCC(F)(F)C[C@@H]1CC[C@@H]1[C@@H]2CC[C@]2(C)[C@@H](OCCC(=O)N3CCN(C(=O)c4cc(Cc5n[nH]c(=O)c6ccccc56)ccc4F)CC3)CC[C@@H]12. The Labute approximate surface area is 308 Å². The Bertz CT molecular complexity index is 1940. The molecule has 3 aromatic rings. The van der Waals surface area contributed by atoms with Crippen molar-refractivity contribution in [2.75, 3.05) is 32.8 Å². The quantitative estimate of drug-likeness (QED) is 0.274. The van der Waals surface area contributed by atoms with Crippen LogP contribution < -0.4 is 5.56 Å². The van der Waals surface area contributed by atoms with Crippen LogP contribution in [0.15, 0.2) is 47.3 Å². The lowest BCUT2D eigenvalue weighted by Gasteiger charge is -2.61. The van der Waals surface area contributed by atoms with E-state index in [0.717, 1.165) is 38.5 Å². The maximum atomic E-state index is 15.0. The number of nitrogens with one attached hydrogen (secondary N) is 1. The van der Waals surface area contributed by atoms with Gasteiger partial charge in [-0.3, -0.25) is 14.4 Å². The van der Waals surface area contributed by atoms with Crippen LogP contribution >= 0.6 is 0 Å². The molecule has 284 valence electrons. The largest absolute Gasteiger partial charge is 0.377 e. The molecule has 11 heteroatoms. The number of carbonyl (C=O) groups excluding carboxylic acids is 2. The van der Waals surface area contributed by atoms with Crippen molar-refractivity contribution in [2.24, 2.45) is 34.5 Å². The number of rotatable bonds is 7. The molecule has 53 heavy (non-hydrogen) atoms. The molecule has 8 nitrogen and oxygen atoms in total. The van der Waals surface area contributed by atoms with E-state index in [9.17, 15) is 27.6 Å². The maximum absolute atomic E-state index is 15.0. The van der Waals surface area contributed by atoms with E-state index in [1.165, 1.54) is 6.07 Å². The van der Waals surface area contributed by atoms with Crippen molar-refractivity contribution in [3.05, 3.63) is 75.5 Å². The second-order valence-corrected chi connectivity index (χ2v) is 17.2. The summed E-state index contributed by atoms with van der Waals surface area (Å²) in [5.74, 6) is -1.78. The second kappa shape index (κ2) is 13.8. The molecule has 1 saturated heterocycles. The van der Waals surface area contributed by atoms with Crippen LogP contribution in [-0.4, -0.2) is 76.6 Å². The first kappa shape index (κ1) is 36.3. The molecule has 1 unspecified atom stereocenters. The van der Waals surface area contributed by atoms with Gasteiger partial charge >= 0.3 is 0 Å². The Hall–Kier alpha value is -3.73. The van der Waals surface area contributed by atoms with Gasteiger partial charge in [0.05, 0.1) is 35.8 Å². The minimum absolute atomic E-state index is 0.00494. The summed E-state index contributed by atoms with van der Waals surface area (Å²) in [4.78, 5) is 42.3. The average Bonchev–Trinajstić information content (AvgIpc) is 3.49. The van der Waals surface area contributed by atoms with Gasteiger partial charge in [0.25, 0.3) is 11.5 Å². The third kappa shape index (κ3) is 6.59. The van der Waals surface area contributed by atoms with Gasteiger partial charge in [0.15, 0.2) is 0 Å². The predicted octanol–water partition coefficient (Wildman–Crippen LogP) is 7.39. The molecule has 1 N–H and O–H groups in total. The average molecular weight is 733 g/mol. The molecule has 0 radical (unpaired) electrons. The first-order valence-corrected chi connectivity index (χ1v) is 19.7. The first-order chi connectivity index (χ1) is 25.4. The lowest BCUT2D eigenvalue weighted by molar-refractivity contribution is -0.170. The standard InChI is InChI=1S/C42H51F3N4O4/c1-40-16-17-42(44,45)25-27(40)8-9-30-32-10-12-36(41(32,2)15-13-33(30)40)53-22-14-37(50)48-18-20-49(21-19-48)39(52)31-23-26(7-11-34(31)43)24-35-28-5-3-4-6-29(28)38(51)47-46-35/h3-7,11,23,27,30,32-33,36H,8-10,12-22,24-25H2,1-2H3,(H,47,51)/t27-,30-,32-,33-,36-,40?,41-/m0/s1. The Morgan fingerprint density at radius 2 is 1.62 bits per heavy atom. The fourth-order valence-corrected chi connectivity index (χ4v) is 11.5. The molecule has 2 heterocycles. The lowest BCUT2D eigenvalue weighted by atomic mass is 9.45. The highest BCUT2D eigenvalue weighted by Gasteiger charge is 2.62. The second-order valence-electron chi connectivity index (χ2n) is 17.2. The number of carbonyl (C=O) groups is 2. The Kier molecular flexibility index (Phi) is 9.47. The zero-order valence-electron chi connectivity index (χ0n) is 30.9. The topological polar surface area (TPSA) is 95.6 Å². The van der Waals surface area contributed by atoms with Crippen molar-refractivity contribution in [3.8, 4) is 0 Å². The number of aromatic nitrogens is 2. The summed E-state index contributed by atoms with van der Waals surface area (Å²) in [6.07, 6.45) is 7.58. The molecule has 1 aromatic heterocycles. The zero-order chi connectivity index (χ0) is 37.1. The van der Waals surface area contributed by atoms with Crippen LogP contribution in [-0.2, 0) is 16.0 Å². The zero-order valence-corrected chi connectivity index (χ0v) is 30.9. The third-order valence-electron chi connectivity index (χ3n) is 14.5. The van der Waals surface area contributed by atoms with Gasteiger partial charge in [-0.1, -0.05) is 38.1 Å². The number of hydrogen-bond donors (Lipinski definition) is 1. The third-order valence-corrected chi connectivity index (χ3v) is 14.5. The fourth-order valence-electron chi connectivity index (χ4n) is 11.5. The van der Waals surface area contributed by atoms with Crippen LogP contribution in [0.5, 0.6) is 0 Å². The van der Waals surface area contributed by atoms with Gasteiger partial charge in [-0.05, 0) is 103 Å². The first-order valence-electron chi connectivity index (χ1n) is 19.7. The van der Waals surface area contributed by atoms with Gasteiger partial charge < -0.3 is 14.5 Å². The van der Waals surface area contributed by atoms with Gasteiger partial charge in [-0.15, -0.1) is 0 Å². The predicted molar refractivity (Wildman–Crippen MR) is 195 cm³/mol. The maximum Gasteiger partial charge on any atom is 0.272 e. The normalized spacial score (nSPS) is 32.2. The van der Waals surface area contributed by atoms with E-state index in [2.05, 4.69) is 24.0 Å². The molecular formula is C42H51F3N4O4. The molecule has 2 aromatic carbocycles. The van der Waals surface area contributed by atoms with E-state index in [4.69, 9.17) is 4.74 Å². The van der Waals surface area contributed by atoms with E-state index in [0.29, 0.717) is 85.4 Å². The van der Waals surface area contributed by atoms with Gasteiger partial charge in [0.1, 0.15) is 5.82 Å². The molecule has 8 rings (SSSR count). The summed E-state index contributed by atoms with van der Waals surface area (Å²) in [6.45, 7) is 6.39. The number of fused-ring (bicyclic) bond motifs is 6. The van der Waals surface area contributed by atoms with Gasteiger partial charge in [0, 0.05) is 50.8 Å². The van der Waals surface area contributed by atoms with Gasteiger partial charge in [-0.25, -0.2) is 18.3 Å². The number of hydrogen-bond acceptors (Lipinski definition) is 5. The van der Waals surface area contributed by atoms with Crippen molar-refractivity contribution in [1.29, 1.82) is 0 Å². The molecule has 0 spiro atoms. The number of H-pyrrole nitrogens is 1. The molecule has 4 saturated carbocycles. The minimum Gasteiger partial charge on any atom is -0.377 e.